The number of furan rings is 2. The number of aromatic nitrogens is 1. The lowest BCUT2D eigenvalue weighted by Gasteiger charge is -2.07. The predicted molar refractivity (Wildman–Crippen MR) is 161 cm³/mol. The van der Waals surface area contributed by atoms with E-state index in [-0.39, 0.29) is 0 Å². The summed E-state index contributed by atoms with van der Waals surface area (Å²) in [5, 5.41) is 6.79. The molecule has 0 spiro atoms. The SMILES string of the molecule is c1ccc(-c2ccc3oc4ccc5c6cc(-n7c8ccccc8c8ccccc87)ccc6oc5c4c3c2)cc1. The van der Waals surface area contributed by atoms with Gasteiger partial charge in [-0.2, -0.15) is 0 Å². The number of fused-ring (bicyclic) bond motifs is 10. The summed E-state index contributed by atoms with van der Waals surface area (Å²) < 4.78 is 15.2. The quantitative estimate of drug-likeness (QED) is 0.237. The molecule has 0 atom stereocenters. The molecule has 3 heterocycles. The molecule has 3 heteroatoms. The van der Waals surface area contributed by atoms with Gasteiger partial charge in [-0.1, -0.05) is 72.8 Å². The maximum atomic E-state index is 6.56. The maximum absolute atomic E-state index is 6.56. The van der Waals surface area contributed by atoms with Gasteiger partial charge in [0.15, 0.2) is 0 Å². The molecule has 3 nitrogen and oxygen atoms in total. The molecule has 9 rings (SSSR count). The van der Waals surface area contributed by atoms with E-state index in [1.807, 2.05) is 6.07 Å². The number of hydrogen-bond donors (Lipinski definition) is 0. The van der Waals surface area contributed by atoms with Crippen LogP contribution in [0, 0.1) is 0 Å². The minimum atomic E-state index is 0.837. The Bertz CT molecular complexity index is 2330. The second-order valence-corrected chi connectivity index (χ2v) is 10.1. The van der Waals surface area contributed by atoms with E-state index >= 15 is 0 Å². The Hall–Kier alpha value is -5.28. The Balaban J connectivity index is 1.32. The summed E-state index contributed by atoms with van der Waals surface area (Å²) in [4.78, 5) is 0. The van der Waals surface area contributed by atoms with Crippen molar-refractivity contribution in [3.8, 4) is 16.8 Å². The van der Waals surface area contributed by atoms with Gasteiger partial charge in [0.25, 0.3) is 0 Å². The lowest BCUT2D eigenvalue weighted by Crippen LogP contribution is -1.93. The van der Waals surface area contributed by atoms with Crippen molar-refractivity contribution < 1.29 is 8.83 Å². The second-order valence-electron chi connectivity index (χ2n) is 10.1. The molecule has 0 unspecified atom stereocenters. The summed E-state index contributed by atoms with van der Waals surface area (Å²) in [7, 11) is 0. The molecule has 0 amide bonds. The third kappa shape index (κ3) is 2.87. The molecular weight excluding hydrogens is 478 g/mol. The number of nitrogens with zero attached hydrogens (tertiary/aromatic N) is 1. The van der Waals surface area contributed by atoms with Gasteiger partial charge in [0, 0.05) is 32.6 Å². The highest BCUT2D eigenvalue weighted by Gasteiger charge is 2.18. The Morgan fingerprint density at radius 1 is 0.410 bits per heavy atom. The highest BCUT2D eigenvalue weighted by molar-refractivity contribution is 6.22. The minimum Gasteiger partial charge on any atom is -0.456 e. The normalized spacial score (nSPS) is 12.1. The predicted octanol–water partition coefficient (Wildman–Crippen LogP) is 10.2. The van der Waals surface area contributed by atoms with Gasteiger partial charge in [0.1, 0.15) is 22.3 Å². The Labute approximate surface area is 223 Å². The lowest BCUT2D eigenvalue weighted by atomic mass is 10.0. The first-order chi connectivity index (χ1) is 19.3. The van der Waals surface area contributed by atoms with Crippen LogP contribution in [-0.2, 0) is 0 Å². The number of rotatable bonds is 2. The van der Waals surface area contributed by atoms with E-state index in [9.17, 15) is 0 Å². The highest BCUT2D eigenvalue weighted by atomic mass is 16.3. The Morgan fingerprint density at radius 3 is 1.87 bits per heavy atom. The third-order valence-electron chi connectivity index (χ3n) is 8.00. The molecule has 0 saturated heterocycles. The van der Waals surface area contributed by atoms with Crippen molar-refractivity contribution in [2.45, 2.75) is 0 Å². The van der Waals surface area contributed by atoms with Crippen LogP contribution in [0.5, 0.6) is 0 Å². The molecule has 0 aliphatic heterocycles. The number of benzene rings is 6. The lowest BCUT2D eigenvalue weighted by molar-refractivity contribution is 0.663. The third-order valence-corrected chi connectivity index (χ3v) is 8.00. The van der Waals surface area contributed by atoms with E-state index in [1.54, 1.807) is 0 Å². The van der Waals surface area contributed by atoms with Crippen molar-refractivity contribution in [2.24, 2.45) is 0 Å². The molecule has 182 valence electrons. The number of para-hydroxylation sites is 2. The zero-order valence-electron chi connectivity index (χ0n) is 20.9. The topological polar surface area (TPSA) is 31.2 Å². The van der Waals surface area contributed by atoms with Crippen molar-refractivity contribution in [2.75, 3.05) is 0 Å². The molecule has 0 N–H and O–H groups in total. The molecule has 0 saturated carbocycles. The van der Waals surface area contributed by atoms with Crippen LogP contribution >= 0.6 is 0 Å². The highest BCUT2D eigenvalue weighted by Crippen LogP contribution is 2.41. The molecule has 0 aliphatic rings. The molecule has 0 aliphatic carbocycles. The minimum absolute atomic E-state index is 0.837. The summed E-state index contributed by atoms with van der Waals surface area (Å²) in [5.41, 5.74) is 9.29. The first-order valence-electron chi connectivity index (χ1n) is 13.2. The van der Waals surface area contributed by atoms with E-state index < -0.39 is 0 Å². The molecule has 39 heavy (non-hydrogen) atoms. The van der Waals surface area contributed by atoms with E-state index in [4.69, 9.17) is 8.83 Å². The van der Waals surface area contributed by atoms with Gasteiger partial charge < -0.3 is 13.4 Å². The number of hydrogen-bond acceptors (Lipinski definition) is 2. The van der Waals surface area contributed by atoms with Crippen molar-refractivity contribution in [1.29, 1.82) is 0 Å². The average molecular weight is 500 g/mol. The van der Waals surface area contributed by atoms with Gasteiger partial charge in [-0.25, -0.2) is 0 Å². The standard InChI is InChI=1S/C36H21NO2/c1-2-8-22(9-3-1)23-14-17-33-29(20-23)35-34(38-33)19-16-27-28-21-24(15-18-32(28)39-36(27)35)37-30-12-6-4-10-25(30)26-11-5-7-13-31(26)37/h1-21H. The zero-order chi connectivity index (χ0) is 25.5. The van der Waals surface area contributed by atoms with Crippen LogP contribution < -0.4 is 0 Å². The van der Waals surface area contributed by atoms with Gasteiger partial charge in [-0.15, -0.1) is 0 Å². The maximum Gasteiger partial charge on any atom is 0.147 e. The largest absolute Gasteiger partial charge is 0.456 e. The van der Waals surface area contributed by atoms with Crippen LogP contribution in [0.1, 0.15) is 0 Å². The van der Waals surface area contributed by atoms with Crippen LogP contribution in [0.3, 0.4) is 0 Å². The van der Waals surface area contributed by atoms with Gasteiger partial charge in [-0.05, 0) is 65.7 Å². The van der Waals surface area contributed by atoms with E-state index in [1.165, 1.54) is 27.4 Å². The van der Waals surface area contributed by atoms with Gasteiger partial charge >= 0.3 is 0 Å². The molecule has 0 fully saturated rings. The van der Waals surface area contributed by atoms with Crippen LogP contribution in [-0.4, -0.2) is 4.57 Å². The van der Waals surface area contributed by atoms with E-state index in [0.717, 1.165) is 55.1 Å². The smallest absolute Gasteiger partial charge is 0.147 e. The fraction of sp³-hybridized carbons (Fsp3) is 0. The molecule has 0 radical (unpaired) electrons. The van der Waals surface area contributed by atoms with Crippen LogP contribution in [0.15, 0.2) is 136 Å². The molecular formula is C36H21NO2. The average Bonchev–Trinajstić information content (AvgIpc) is 3.66. The van der Waals surface area contributed by atoms with Crippen molar-refractivity contribution >= 4 is 65.7 Å². The summed E-state index contributed by atoms with van der Waals surface area (Å²) in [5.74, 6) is 0. The molecule has 6 aromatic carbocycles. The van der Waals surface area contributed by atoms with E-state index in [2.05, 4.69) is 126 Å². The van der Waals surface area contributed by atoms with Crippen LogP contribution in [0.25, 0.3) is 82.5 Å². The van der Waals surface area contributed by atoms with Crippen LogP contribution in [0.4, 0.5) is 0 Å². The molecule has 0 bridgehead atoms. The molecule has 9 aromatic rings. The van der Waals surface area contributed by atoms with Gasteiger partial charge in [0.05, 0.1) is 16.4 Å². The fourth-order valence-corrected chi connectivity index (χ4v) is 6.23. The van der Waals surface area contributed by atoms with Crippen molar-refractivity contribution in [1.82, 2.24) is 4.57 Å². The van der Waals surface area contributed by atoms with Crippen molar-refractivity contribution in [3.05, 3.63) is 127 Å². The van der Waals surface area contributed by atoms with Gasteiger partial charge in [-0.3, -0.25) is 0 Å². The summed E-state index contributed by atoms with van der Waals surface area (Å²) in [6.45, 7) is 0. The second kappa shape index (κ2) is 7.62. The first-order valence-corrected chi connectivity index (χ1v) is 13.2. The van der Waals surface area contributed by atoms with Crippen LogP contribution in [0.2, 0.25) is 0 Å². The zero-order valence-corrected chi connectivity index (χ0v) is 20.9. The summed E-state index contributed by atoms with van der Waals surface area (Å²) in [6, 6.07) is 44.8. The molecule has 3 aromatic heterocycles. The Morgan fingerprint density at radius 2 is 1.08 bits per heavy atom. The van der Waals surface area contributed by atoms with E-state index in [0.29, 0.717) is 0 Å². The first kappa shape index (κ1) is 20.7. The monoisotopic (exact) mass is 499 g/mol. The fourth-order valence-electron chi connectivity index (χ4n) is 6.23. The Kier molecular flexibility index (Phi) is 4.05. The summed E-state index contributed by atoms with van der Waals surface area (Å²) >= 11 is 0. The summed E-state index contributed by atoms with van der Waals surface area (Å²) in [6.07, 6.45) is 0. The van der Waals surface area contributed by atoms with Gasteiger partial charge in [0.2, 0.25) is 0 Å². The van der Waals surface area contributed by atoms with Crippen molar-refractivity contribution in [3.63, 3.8) is 0 Å².